The first-order valence-corrected chi connectivity index (χ1v) is 13.8. The molecule has 4 aliphatic rings. The highest BCUT2D eigenvalue weighted by atomic mass is 32.3. The van der Waals surface area contributed by atoms with Crippen molar-refractivity contribution in [2.45, 2.75) is 46.0 Å². The molecule has 0 amide bonds. The lowest BCUT2D eigenvalue weighted by Gasteiger charge is -2.54. The zero-order valence-electron chi connectivity index (χ0n) is 17.0. The number of ether oxygens (including phenoxy) is 1. The summed E-state index contributed by atoms with van der Waals surface area (Å²) >= 11 is 6.37. The van der Waals surface area contributed by atoms with Crippen molar-refractivity contribution in [1.82, 2.24) is 0 Å². The average molecular weight is 463 g/mol. The molecule has 0 aromatic heterocycles. The van der Waals surface area contributed by atoms with Crippen molar-refractivity contribution in [2.75, 3.05) is 0 Å². The molecule has 4 aliphatic heterocycles. The monoisotopic (exact) mass is 462 g/mol. The third-order valence-corrected chi connectivity index (χ3v) is 12.1. The molecule has 0 spiro atoms. The number of carbonyl (C=O) groups excluding carboxylic acids is 1. The summed E-state index contributed by atoms with van der Waals surface area (Å²) in [5.74, 6) is -0.0207. The van der Waals surface area contributed by atoms with E-state index in [1.807, 2.05) is 0 Å². The molecule has 4 aromatic carbocycles. The Morgan fingerprint density at radius 3 is 2.06 bits per heavy atom. The second kappa shape index (κ2) is 6.97. The Morgan fingerprint density at radius 1 is 0.806 bits per heavy atom. The lowest BCUT2D eigenvalue weighted by Crippen LogP contribution is -2.45. The molecule has 0 atom stereocenters. The molecule has 31 heavy (non-hydrogen) atoms. The fourth-order valence-corrected chi connectivity index (χ4v) is 13.4. The molecule has 4 aromatic rings. The van der Waals surface area contributed by atoms with Crippen LogP contribution < -0.4 is 0 Å². The van der Waals surface area contributed by atoms with Crippen LogP contribution in [0.4, 0.5) is 0 Å². The van der Waals surface area contributed by atoms with Crippen molar-refractivity contribution in [3.05, 3.63) is 60.2 Å². The Bertz CT molecular complexity index is 1280. The van der Waals surface area contributed by atoms with Crippen molar-refractivity contribution >= 4 is 73.6 Å². The van der Waals surface area contributed by atoms with Gasteiger partial charge in [-0.1, -0.05) is 54.6 Å². The number of rotatable bonds is 4. The fraction of sp³-hybridized carbons (Fsp3) is 0.346. The van der Waals surface area contributed by atoms with E-state index in [1.54, 1.807) is 0 Å². The van der Waals surface area contributed by atoms with Crippen molar-refractivity contribution in [3.8, 4) is 0 Å². The van der Waals surface area contributed by atoms with Gasteiger partial charge in [0, 0.05) is 0 Å². The summed E-state index contributed by atoms with van der Waals surface area (Å²) in [4.78, 5) is 12.9. The van der Waals surface area contributed by atoms with Gasteiger partial charge in [0.15, 0.2) is 0 Å². The van der Waals surface area contributed by atoms with E-state index in [-0.39, 0.29) is 11.4 Å². The lowest BCUT2D eigenvalue weighted by molar-refractivity contribution is -0.148. The van der Waals surface area contributed by atoms with Crippen LogP contribution in [0.1, 0.15) is 31.2 Å². The maximum absolute atomic E-state index is 12.9. The summed E-state index contributed by atoms with van der Waals surface area (Å²) in [6, 6.07) is 19.5. The third-order valence-electron chi connectivity index (χ3n) is 7.24. The van der Waals surface area contributed by atoms with Crippen LogP contribution in [0.15, 0.2) is 54.6 Å². The topological polar surface area (TPSA) is 26.3 Å². The van der Waals surface area contributed by atoms with Gasteiger partial charge >= 0.3 is 5.97 Å². The van der Waals surface area contributed by atoms with Gasteiger partial charge in [0.1, 0.15) is 6.61 Å². The second-order valence-electron chi connectivity index (χ2n) is 9.23. The molecule has 0 aliphatic carbocycles. The summed E-state index contributed by atoms with van der Waals surface area (Å²) in [6.07, 6.45) is 4.10. The molecule has 0 N–H and O–H groups in total. The average Bonchev–Trinajstić information content (AvgIpc) is 2.75. The third kappa shape index (κ3) is 3.07. The van der Waals surface area contributed by atoms with Crippen LogP contribution in [0.3, 0.4) is 0 Å². The van der Waals surface area contributed by atoms with E-state index in [2.05, 4.69) is 89.9 Å². The van der Waals surface area contributed by atoms with Gasteiger partial charge < -0.3 is 4.74 Å². The molecule has 156 valence electrons. The molecule has 4 saturated heterocycles. The minimum Gasteiger partial charge on any atom is -0.461 e. The number of carbonyl (C=O) groups is 1. The molecule has 0 unspecified atom stereocenters. The van der Waals surface area contributed by atoms with Crippen LogP contribution in [0.2, 0.25) is 0 Å². The zero-order valence-corrected chi connectivity index (χ0v) is 19.5. The first-order chi connectivity index (χ1) is 15.2. The number of hydrogen-bond donors (Lipinski definition) is 0. The van der Waals surface area contributed by atoms with Crippen LogP contribution in [0.5, 0.6) is 0 Å². The summed E-state index contributed by atoms with van der Waals surface area (Å²) in [5, 5.41) is 7.58. The first-order valence-electron chi connectivity index (χ1n) is 10.9. The van der Waals surface area contributed by atoms with E-state index >= 15 is 0 Å². The lowest BCUT2D eigenvalue weighted by atomic mass is 9.75. The Morgan fingerprint density at radius 2 is 1.39 bits per heavy atom. The number of benzene rings is 4. The molecule has 4 heterocycles. The van der Waals surface area contributed by atoms with Gasteiger partial charge in [-0.05, 0) is 62.6 Å². The Balaban J connectivity index is 1.16. The van der Waals surface area contributed by atoms with E-state index in [0.29, 0.717) is 26.8 Å². The highest BCUT2D eigenvalue weighted by Crippen LogP contribution is 2.67. The van der Waals surface area contributed by atoms with Crippen molar-refractivity contribution in [3.63, 3.8) is 0 Å². The van der Waals surface area contributed by atoms with Gasteiger partial charge in [-0.2, -0.15) is 0 Å². The number of thioether (sulfide) groups is 3. The number of esters is 1. The molecule has 4 fully saturated rings. The van der Waals surface area contributed by atoms with Gasteiger partial charge in [-0.25, -0.2) is 0 Å². The molecule has 5 heteroatoms. The largest absolute Gasteiger partial charge is 0.461 e. The Hall–Kier alpha value is -1.56. The van der Waals surface area contributed by atoms with Gasteiger partial charge in [0.2, 0.25) is 0 Å². The van der Waals surface area contributed by atoms with E-state index in [4.69, 9.17) is 4.74 Å². The normalized spacial score (nSPS) is 29.4. The SMILES string of the molecule is O=C(CC12CC3SC(C1)SC(C2)S3)OCc1ccc2ccc3cccc4ccc1c2c34. The fourth-order valence-electron chi connectivity index (χ4n) is 5.86. The Labute approximate surface area is 194 Å². The maximum atomic E-state index is 12.9. The zero-order chi connectivity index (χ0) is 20.6. The molecule has 8 rings (SSSR count). The summed E-state index contributed by atoms with van der Waals surface area (Å²) in [5.41, 5.74) is 1.29. The predicted octanol–water partition coefficient (Wildman–Crippen LogP) is 7.39. The van der Waals surface area contributed by atoms with Gasteiger partial charge in [-0.3, -0.25) is 4.79 Å². The van der Waals surface area contributed by atoms with Crippen LogP contribution in [-0.2, 0) is 16.1 Å². The summed E-state index contributed by atoms with van der Waals surface area (Å²) in [6.45, 7) is 0.359. The molecule has 0 radical (unpaired) electrons. The van der Waals surface area contributed by atoms with Gasteiger partial charge in [0.05, 0.1) is 20.2 Å². The Kier molecular flexibility index (Phi) is 4.26. The van der Waals surface area contributed by atoms with Crippen molar-refractivity contribution in [2.24, 2.45) is 5.41 Å². The smallest absolute Gasteiger partial charge is 0.306 e. The first kappa shape index (κ1) is 19.0. The summed E-state index contributed by atoms with van der Waals surface area (Å²) in [7, 11) is 0. The van der Waals surface area contributed by atoms with Crippen molar-refractivity contribution < 1.29 is 9.53 Å². The second-order valence-corrected chi connectivity index (χ2v) is 14.4. The standard InChI is InChI=1S/C26H22O2S3/c27-20(10-26-11-21-29-22(12-26)31-23(13-26)30-21)28-14-18-7-6-17-5-4-15-2-1-3-16-8-9-19(18)25(17)24(15)16/h1-9,21-23H,10-14H2. The molecular formula is C26H22O2S3. The molecule has 2 nitrogen and oxygen atoms in total. The quantitative estimate of drug-likeness (QED) is 0.233. The van der Waals surface area contributed by atoms with E-state index in [0.717, 1.165) is 5.56 Å². The summed E-state index contributed by atoms with van der Waals surface area (Å²) < 4.78 is 7.95. The molecule has 4 bridgehead atoms. The minimum absolute atomic E-state index is 0.0207. The number of hydrogen-bond acceptors (Lipinski definition) is 5. The van der Waals surface area contributed by atoms with Gasteiger partial charge in [0.25, 0.3) is 0 Å². The predicted molar refractivity (Wildman–Crippen MR) is 135 cm³/mol. The highest BCUT2D eigenvalue weighted by Gasteiger charge is 2.53. The van der Waals surface area contributed by atoms with Crippen LogP contribution in [0, 0.1) is 5.41 Å². The van der Waals surface area contributed by atoms with Crippen LogP contribution in [-0.4, -0.2) is 19.7 Å². The molecule has 0 saturated carbocycles. The van der Waals surface area contributed by atoms with E-state index in [9.17, 15) is 4.79 Å². The van der Waals surface area contributed by atoms with Crippen molar-refractivity contribution in [1.29, 1.82) is 0 Å². The van der Waals surface area contributed by atoms with Crippen LogP contribution >= 0.6 is 35.3 Å². The van der Waals surface area contributed by atoms with E-state index < -0.39 is 0 Å². The minimum atomic E-state index is -0.0207. The van der Waals surface area contributed by atoms with Gasteiger partial charge in [-0.15, -0.1) is 35.3 Å². The molecular weight excluding hydrogens is 440 g/mol. The highest BCUT2D eigenvalue weighted by molar-refractivity contribution is 8.33. The van der Waals surface area contributed by atoms with E-state index in [1.165, 1.54) is 51.6 Å². The van der Waals surface area contributed by atoms with Crippen LogP contribution in [0.25, 0.3) is 32.3 Å². The maximum Gasteiger partial charge on any atom is 0.306 e.